The topological polar surface area (TPSA) is 21.3 Å². The summed E-state index contributed by atoms with van der Waals surface area (Å²) >= 11 is 0. The molecule has 1 fully saturated rings. The lowest BCUT2D eigenvalue weighted by Gasteiger charge is -2.24. The number of rotatable bonds is 2. The number of nitrogens with one attached hydrogen (secondary N) is 1. The van der Waals surface area contributed by atoms with Gasteiger partial charge in [0.1, 0.15) is 0 Å². The van der Waals surface area contributed by atoms with Crippen LogP contribution in [0.1, 0.15) is 26.7 Å². The maximum Gasteiger partial charge on any atom is 0.0703 e. The van der Waals surface area contributed by atoms with Crippen LogP contribution >= 0.6 is 0 Å². The molecule has 1 rings (SSSR count). The third-order valence-electron chi connectivity index (χ3n) is 1.72. The van der Waals surface area contributed by atoms with Gasteiger partial charge in [-0.15, -0.1) is 0 Å². The molecule has 2 nitrogen and oxygen atoms in total. The third kappa shape index (κ3) is 2.67. The zero-order valence-electron chi connectivity index (χ0n) is 6.89. The Labute approximate surface area is 63.0 Å². The van der Waals surface area contributed by atoms with Crippen molar-refractivity contribution in [3.05, 3.63) is 0 Å². The lowest BCUT2D eigenvalue weighted by molar-refractivity contribution is -0.00426. The Balaban J connectivity index is 2.13. The van der Waals surface area contributed by atoms with E-state index in [4.69, 9.17) is 4.74 Å². The summed E-state index contributed by atoms with van der Waals surface area (Å²) in [4.78, 5) is 0. The first-order chi connectivity index (χ1) is 4.79. The van der Waals surface area contributed by atoms with E-state index in [9.17, 15) is 0 Å². The van der Waals surface area contributed by atoms with E-state index >= 15 is 0 Å². The van der Waals surface area contributed by atoms with Crippen LogP contribution in [0, 0.1) is 0 Å². The summed E-state index contributed by atoms with van der Waals surface area (Å²) in [5.74, 6) is 0. The summed E-state index contributed by atoms with van der Waals surface area (Å²) in [5, 5.41) is 3.32. The fourth-order valence-corrected chi connectivity index (χ4v) is 1.32. The van der Waals surface area contributed by atoms with Gasteiger partial charge in [-0.05, 0) is 33.2 Å². The molecule has 0 bridgehead atoms. The van der Waals surface area contributed by atoms with Gasteiger partial charge in [-0.25, -0.2) is 0 Å². The molecule has 1 atom stereocenters. The van der Waals surface area contributed by atoms with Crippen molar-refractivity contribution in [3.63, 3.8) is 0 Å². The van der Waals surface area contributed by atoms with Crippen molar-refractivity contribution in [3.8, 4) is 0 Å². The van der Waals surface area contributed by atoms with E-state index in [0.717, 1.165) is 13.1 Å². The van der Waals surface area contributed by atoms with E-state index in [0.29, 0.717) is 12.2 Å². The molecule has 0 aromatic heterocycles. The van der Waals surface area contributed by atoms with Crippen LogP contribution in [-0.4, -0.2) is 25.3 Å². The molecule has 0 aliphatic carbocycles. The quantitative estimate of drug-likeness (QED) is 0.626. The molecule has 0 aromatic rings. The zero-order chi connectivity index (χ0) is 7.40. The SMILES string of the molecule is CC(C)O[C@@H]1CCCNC1. The highest BCUT2D eigenvalue weighted by molar-refractivity contribution is 4.69. The third-order valence-corrected chi connectivity index (χ3v) is 1.72. The predicted octanol–water partition coefficient (Wildman–Crippen LogP) is 1.16. The van der Waals surface area contributed by atoms with Crippen molar-refractivity contribution in [1.82, 2.24) is 5.32 Å². The van der Waals surface area contributed by atoms with Crippen LogP contribution in [-0.2, 0) is 4.74 Å². The van der Waals surface area contributed by atoms with Gasteiger partial charge in [0.25, 0.3) is 0 Å². The van der Waals surface area contributed by atoms with Gasteiger partial charge in [0, 0.05) is 6.54 Å². The summed E-state index contributed by atoms with van der Waals surface area (Å²) in [6.07, 6.45) is 3.33. The molecule has 0 aromatic carbocycles. The molecule has 1 heterocycles. The molecular weight excluding hydrogens is 126 g/mol. The first-order valence-electron chi connectivity index (χ1n) is 4.15. The molecule has 0 amide bonds. The number of hydrogen-bond donors (Lipinski definition) is 1. The molecule has 0 spiro atoms. The second-order valence-electron chi connectivity index (χ2n) is 3.15. The maximum absolute atomic E-state index is 5.63. The van der Waals surface area contributed by atoms with Gasteiger partial charge in [-0.2, -0.15) is 0 Å². The number of ether oxygens (including phenoxy) is 1. The van der Waals surface area contributed by atoms with E-state index in [1.54, 1.807) is 0 Å². The van der Waals surface area contributed by atoms with Gasteiger partial charge in [-0.3, -0.25) is 0 Å². The summed E-state index contributed by atoms with van der Waals surface area (Å²) in [7, 11) is 0. The van der Waals surface area contributed by atoms with E-state index in [2.05, 4.69) is 19.2 Å². The van der Waals surface area contributed by atoms with Gasteiger partial charge in [0.2, 0.25) is 0 Å². The monoisotopic (exact) mass is 143 g/mol. The molecule has 0 unspecified atom stereocenters. The Hall–Kier alpha value is -0.0800. The van der Waals surface area contributed by atoms with E-state index < -0.39 is 0 Å². The van der Waals surface area contributed by atoms with Crippen molar-refractivity contribution in [2.45, 2.75) is 38.9 Å². The van der Waals surface area contributed by atoms with Gasteiger partial charge in [-0.1, -0.05) is 0 Å². The molecule has 1 aliphatic heterocycles. The van der Waals surface area contributed by atoms with E-state index in [-0.39, 0.29) is 0 Å². The van der Waals surface area contributed by atoms with Crippen molar-refractivity contribution < 1.29 is 4.74 Å². The van der Waals surface area contributed by atoms with Gasteiger partial charge >= 0.3 is 0 Å². The average Bonchev–Trinajstić information content (AvgIpc) is 1.88. The van der Waals surface area contributed by atoms with Crippen LogP contribution in [0.2, 0.25) is 0 Å². The molecule has 0 radical (unpaired) electrons. The van der Waals surface area contributed by atoms with Crippen LogP contribution in [0.25, 0.3) is 0 Å². The minimum Gasteiger partial charge on any atom is -0.374 e. The highest BCUT2D eigenvalue weighted by atomic mass is 16.5. The normalized spacial score (nSPS) is 27.3. The van der Waals surface area contributed by atoms with Crippen molar-refractivity contribution in [1.29, 1.82) is 0 Å². The van der Waals surface area contributed by atoms with Crippen LogP contribution in [0.4, 0.5) is 0 Å². The number of piperidine rings is 1. The molecule has 10 heavy (non-hydrogen) atoms. The molecule has 60 valence electrons. The van der Waals surface area contributed by atoms with Crippen molar-refractivity contribution in [2.75, 3.05) is 13.1 Å². The minimum absolute atomic E-state index is 0.380. The van der Waals surface area contributed by atoms with Crippen LogP contribution in [0.15, 0.2) is 0 Å². The summed E-state index contributed by atoms with van der Waals surface area (Å²) in [6.45, 7) is 6.39. The second-order valence-corrected chi connectivity index (χ2v) is 3.15. The first kappa shape index (κ1) is 8.02. The Morgan fingerprint density at radius 1 is 1.50 bits per heavy atom. The molecule has 2 heteroatoms. The molecule has 1 aliphatic rings. The van der Waals surface area contributed by atoms with Crippen LogP contribution < -0.4 is 5.32 Å². The van der Waals surface area contributed by atoms with Gasteiger partial charge in [0.05, 0.1) is 12.2 Å². The Bertz CT molecular complexity index is 87.3. The van der Waals surface area contributed by atoms with Crippen molar-refractivity contribution >= 4 is 0 Å². The Morgan fingerprint density at radius 2 is 2.30 bits per heavy atom. The van der Waals surface area contributed by atoms with Crippen LogP contribution in [0.5, 0.6) is 0 Å². The first-order valence-corrected chi connectivity index (χ1v) is 4.15. The Morgan fingerprint density at radius 3 is 2.80 bits per heavy atom. The highest BCUT2D eigenvalue weighted by Crippen LogP contribution is 2.07. The lowest BCUT2D eigenvalue weighted by atomic mass is 10.1. The van der Waals surface area contributed by atoms with Crippen LogP contribution in [0.3, 0.4) is 0 Å². The summed E-state index contributed by atoms with van der Waals surface area (Å²) < 4.78 is 5.63. The summed E-state index contributed by atoms with van der Waals surface area (Å²) in [6, 6.07) is 0. The minimum atomic E-state index is 0.380. The van der Waals surface area contributed by atoms with Crippen molar-refractivity contribution in [2.24, 2.45) is 0 Å². The molecular formula is C8H17NO. The number of hydrogen-bond acceptors (Lipinski definition) is 2. The smallest absolute Gasteiger partial charge is 0.0703 e. The molecule has 1 N–H and O–H groups in total. The molecule has 0 saturated carbocycles. The fourth-order valence-electron chi connectivity index (χ4n) is 1.32. The fraction of sp³-hybridized carbons (Fsp3) is 1.00. The predicted molar refractivity (Wildman–Crippen MR) is 42.1 cm³/mol. The highest BCUT2D eigenvalue weighted by Gasteiger charge is 2.13. The van der Waals surface area contributed by atoms with Gasteiger partial charge in [0.15, 0.2) is 0 Å². The second kappa shape index (κ2) is 3.94. The molecule has 1 saturated heterocycles. The lowest BCUT2D eigenvalue weighted by Crippen LogP contribution is -2.36. The Kier molecular flexibility index (Phi) is 3.16. The summed E-state index contributed by atoms with van der Waals surface area (Å²) in [5.41, 5.74) is 0. The standard InChI is InChI=1S/C8H17NO/c1-7(2)10-8-4-3-5-9-6-8/h7-9H,3-6H2,1-2H3/t8-/m1/s1. The maximum atomic E-state index is 5.63. The van der Waals surface area contributed by atoms with E-state index in [1.807, 2.05) is 0 Å². The average molecular weight is 143 g/mol. The largest absolute Gasteiger partial charge is 0.374 e. The zero-order valence-corrected chi connectivity index (χ0v) is 6.89. The van der Waals surface area contributed by atoms with E-state index in [1.165, 1.54) is 12.8 Å². The van der Waals surface area contributed by atoms with Gasteiger partial charge < -0.3 is 10.1 Å².